The molecule has 0 fully saturated rings. The molecule has 37 heavy (non-hydrogen) atoms. The third kappa shape index (κ3) is 7.89. The quantitative estimate of drug-likeness (QED) is 0.107. The van der Waals surface area contributed by atoms with E-state index in [1.807, 2.05) is 13.0 Å². The molecule has 0 bridgehead atoms. The van der Waals surface area contributed by atoms with E-state index >= 15 is 0 Å². The van der Waals surface area contributed by atoms with Gasteiger partial charge in [-0.3, -0.25) is 14.9 Å². The number of halogens is 2. The van der Waals surface area contributed by atoms with E-state index in [1.165, 1.54) is 18.3 Å². The zero-order valence-corrected chi connectivity index (χ0v) is 23.0. The van der Waals surface area contributed by atoms with Gasteiger partial charge in [-0.05, 0) is 70.9 Å². The van der Waals surface area contributed by atoms with Crippen LogP contribution in [0.4, 0.5) is 5.69 Å². The predicted octanol–water partition coefficient (Wildman–Crippen LogP) is 6.43. The summed E-state index contributed by atoms with van der Waals surface area (Å²) in [7, 11) is 0. The minimum atomic E-state index is -0.457. The van der Waals surface area contributed by atoms with E-state index in [9.17, 15) is 14.9 Å². The highest BCUT2D eigenvalue weighted by atomic mass is 79.9. The summed E-state index contributed by atoms with van der Waals surface area (Å²) in [6, 6.07) is 14.5. The summed E-state index contributed by atoms with van der Waals surface area (Å²) >= 11 is 6.92. The third-order valence-electron chi connectivity index (χ3n) is 4.80. The fraction of sp³-hybridized carbons (Fsp3) is 0.154. The minimum absolute atomic E-state index is 0.00411. The number of hydrogen-bond acceptors (Lipinski definition) is 7. The number of nitrogens with one attached hydrogen (secondary N) is 1. The van der Waals surface area contributed by atoms with Crippen molar-refractivity contribution in [1.29, 1.82) is 0 Å². The summed E-state index contributed by atoms with van der Waals surface area (Å²) in [4.78, 5) is 23.1. The number of carbonyl (C=O) groups excluding carboxylic acids is 1. The number of ether oxygens (including phenoxy) is 3. The van der Waals surface area contributed by atoms with Gasteiger partial charge >= 0.3 is 0 Å². The van der Waals surface area contributed by atoms with Crippen molar-refractivity contribution in [3.05, 3.63) is 103 Å². The van der Waals surface area contributed by atoms with Gasteiger partial charge in [-0.2, -0.15) is 5.10 Å². The zero-order chi connectivity index (χ0) is 26.8. The number of hydrogen-bond donors (Lipinski definition) is 1. The number of nitro benzene ring substituents is 1. The van der Waals surface area contributed by atoms with Crippen LogP contribution in [0.2, 0.25) is 0 Å². The average molecular weight is 633 g/mol. The summed E-state index contributed by atoms with van der Waals surface area (Å²) < 4.78 is 18.5. The Morgan fingerprint density at radius 1 is 1.08 bits per heavy atom. The molecule has 0 aliphatic carbocycles. The monoisotopic (exact) mass is 631 g/mol. The molecule has 0 spiro atoms. The first-order chi connectivity index (χ1) is 17.8. The van der Waals surface area contributed by atoms with Crippen molar-refractivity contribution in [3.8, 4) is 17.2 Å². The maximum absolute atomic E-state index is 12.7. The number of benzene rings is 3. The van der Waals surface area contributed by atoms with Crippen molar-refractivity contribution in [3.63, 3.8) is 0 Å². The fourth-order valence-electron chi connectivity index (χ4n) is 3.11. The van der Waals surface area contributed by atoms with Gasteiger partial charge in [0.1, 0.15) is 19.0 Å². The van der Waals surface area contributed by atoms with Crippen LogP contribution in [0.5, 0.6) is 17.2 Å². The molecule has 11 heteroatoms. The molecule has 0 saturated carbocycles. The highest BCUT2D eigenvalue weighted by Crippen LogP contribution is 2.33. The van der Waals surface area contributed by atoms with Crippen LogP contribution >= 0.6 is 31.9 Å². The number of rotatable bonds is 12. The van der Waals surface area contributed by atoms with E-state index in [4.69, 9.17) is 14.2 Å². The van der Waals surface area contributed by atoms with Crippen molar-refractivity contribution < 1.29 is 23.9 Å². The number of nitro groups is 1. The molecular formula is C26H23Br2N3O6. The summed E-state index contributed by atoms with van der Waals surface area (Å²) in [6.45, 7) is 6.36. The molecule has 9 nitrogen and oxygen atoms in total. The molecule has 3 rings (SSSR count). The molecule has 1 N–H and O–H groups in total. The van der Waals surface area contributed by atoms with Gasteiger partial charge in [0, 0.05) is 27.7 Å². The Balaban J connectivity index is 1.73. The largest absolute Gasteiger partial charge is 0.490 e. The SMILES string of the molecule is C=CCOc1ccc(C(=O)N/N=C/c2cc(Br)cc(Br)c2OCc2ccc([N+](=O)[O-])cc2)cc1OCC. The first-order valence-corrected chi connectivity index (χ1v) is 12.6. The van der Waals surface area contributed by atoms with Gasteiger partial charge in [0.25, 0.3) is 11.6 Å². The normalized spacial score (nSPS) is 10.7. The van der Waals surface area contributed by atoms with Gasteiger partial charge in [0.05, 0.1) is 22.2 Å². The lowest BCUT2D eigenvalue weighted by molar-refractivity contribution is -0.384. The van der Waals surface area contributed by atoms with Crippen LogP contribution in [0.25, 0.3) is 0 Å². The molecule has 0 unspecified atom stereocenters. The van der Waals surface area contributed by atoms with Gasteiger partial charge < -0.3 is 14.2 Å². The van der Waals surface area contributed by atoms with Crippen molar-refractivity contribution in [1.82, 2.24) is 5.43 Å². The molecular weight excluding hydrogens is 610 g/mol. The first-order valence-electron chi connectivity index (χ1n) is 11.0. The smallest absolute Gasteiger partial charge is 0.271 e. The van der Waals surface area contributed by atoms with E-state index < -0.39 is 10.8 Å². The Hall–Kier alpha value is -3.70. The summed E-state index contributed by atoms with van der Waals surface area (Å²) in [5.41, 5.74) is 4.19. The van der Waals surface area contributed by atoms with Gasteiger partial charge in [-0.1, -0.05) is 28.6 Å². The van der Waals surface area contributed by atoms with Crippen LogP contribution in [-0.2, 0) is 6.61 Å². The van der Waals surface area contributed by atoms with Crippen LogP contribution < -0.4 is 19.6 Å². The van der Waals surface area contributed by atoms with E-state index in [-0.39, 0.29) is 12.3 Å². The third-order valence-corrected chi connectivity index (χ3v) is 5.85. The van der Waals surface area contributed by atoms with Crippen molar-refractivity contribution >= 4 is 49.7 Å². The van der Waals surface area contributed by atoms with Crippen LogP contribution in [0.15, 0.2) is 81.3 Å². The van der Waals surface area contributed by atoms with Gasteiger partial charge in [0.2, 0.25) is 0 Å². The van der Waals surface area contributed by atoms with Crippen molar-refractivity contribution in [2.45, 2.75) is 13.5 Å². The van der Waals surface area contributed by atoms with Crippen LogP contribution in [0.1, 0.15) is 28.4 Å². The van der Waals surface area contributed by atoms with E-state index in [0.29, 0.717) is 46.1 Å². The Kier molecular flexibility index (Phi) is 10.2. The number of non-ortho nitro benzene ring substituents is 1. The summed E-state index contributed by atoms with van der Waals surface area (Å²) in [5.74, 6) is 1.01. The second-order valence-corrected chi connectivity index (χ2v) is 9.18. The molecule has 0 aliphatic rings. The number of hydrazone groups is 1. The second-order valence-electron chi connectivity index (χ2n) is 7.41. The Bertz CT molecular complexity index is 1310. The average Bonchev–Trinajstić information content (AvgIpc) is 2.87. The molecule has 192 valence electrons. The lowest BCUT2D eigenvalue weighted by Gasteiger charge is -2.12. The second kappa shape index (κ2) is 13.6. The predicted molar refractivity (Wildman–Crippen MR) is 148 cm³/mol. The number of carbonyl (C=O) groups is 1. The van der Waals surface area contributed by atoms with E-state index in [1.54, 1.807) is 42.5 Å². The van der Waals surface area contributed by atoms with E-state index in [2.05, 4.69) is 49.0 Å². The fourth-order valence-corrected chi connectivity index (χ4v) is 4.48. The highest BCUT2D eigenvalue weighted by Gasteiger charge is 2.13. The Morgan fingerprint density at radius 2 is 1.84 bits per heavy atom. The zero-order valence-electron chi connectivity index (χ0n) is 19.8. The molecule has 0 aliphatic heterocycles. The summed E-state index contributed by atoms with van der Waals surface area (Å²) in [5, 5.41) is 14.9. The Labute approximate surface area is 230 Å². The molecule has 0 heterocycles. The lowest BCUT2D eigenvalue weighted by atomic mass is 10.2. The first kappa shape index (κ1) is 27.9. The lowest BCUT2D eigenvalue weighted by Crippen LogP contribution is -2.18. The Morgan fingerprint density at radius 3 is 2.51 bits per heavy atom. The maximum Gasteiger partial charge on any atom is 0.271 e. The van der Waals surface area contributed by atoms with Crippen molar-refractivity contribution in [2.75, 3.05) is 13.2 Å². The molecule has 0 aromatic heterocycles. The summed E-state index contributed by atoms with van der Waals surface area (Å²) in [6.07, 6.45) is 3.08. The van der Waals surface area contributed by atoms with E-state index in [0.717, 1.165) is 10.0 Å². The standard InChI is InChI=1S/C26H23Br2N3O6/c1-3-11-36-23-10-7-18(13-24(23)35-4-2)26(32)30-29-15-19-12-20(27)14-22(28)25(19)37-16-17-5-8-21(9-6-17)31(33)34/h3,5-10,12-15H,1,4,11,16H2,2H3,(H,30,32)/b29-15+. The van der Waals surface area contributed by atoms with Crippen LogP contribution in [-0.4, -0.2) is 30.3 Å². The maximum atomic E-state index is 12.7. The number of amides is 1. The minimum Gasteiger partial charge on any atom is -0.490 e. The molecule has 1 amide bonds. The van der Waals surface area contributed by atoms with Crippen LogP contribution in [0.3, 0.4) is 0 Å². The molecule has 0 radical (unpaired) electrons. The van der Waals surface area contributed by atoms with Gasteiger partial charge in [0.15, 0.2) is 11.5 Å². The van der Waals surface area contributed by atoms with Gasteiger partial charge in [-0.15, -0.1) is 0 Å². The topological polar surface area (TPSA) is 112 Å². The molecule has 0 saturated heterocycles. The van der Waals surface area contributed by atoms with Gasteiger partial charge in [-0.25, -0.2) is 5.43 Å². The highest BCUT2D eigenvalue weighted by molar-refractivity contribution is 9.11. The molecule has 3 aromatic rings. The van der Waals surface area contributed by atoms with Crippen LogP contribution in [0, 0.1) is 10.1 Å². The van der Waals surface area contributed by atoms with Crippen molar-refractivity contribution in [2.24, 2.45) is 5.10 Å². The molecule has 0 atom stereocenters. The molecule has 3 aromatic carbocycles. The number of nitrogens with zero attached hydrogens (tertiary/aromatic N) is 2.